The van der Waals surface area contributed by atoms with Crippen LogP contribution in [0.3, 0.4) is 0 Å². The summed E-state index contributed by atoms with van der Waals surface area (Å²) in [5.74, 6) is 1.31. The molecular weight excluding hydrogens is 242 g/mol. The molecule has 19 heavy (non-hydrogen) atoms. The Morgan fingerprint density at radius 2 is 2.42 bits per heavy atom. The molecule has 3 N–H and O–H groups in total. The first-order valence-corrected chi connectivity index (χ1v) is 6.86. The number of hydrogen-bond acceptors (Lipinski definition) is 4. The van der Waals surface area contributed by atoms with E-state index in [0.717, 1.165) is 25.3 Å². The molecular formula is C13H23N5O. The lowest BCUT2D eigenvalue weighted by molar-refractivity contribution is -0.117. The van der Waals surface area contributed by atoms with E-state index in [-0.39, 0.29) is 11.9 Å². The molecule has 0 aliphatic carbocycles. The Labute approximate surface area is 113 Å². The Hall–Kier alpha value is -1.40. The molecule has 2 rings (SSSR count). The van der Waals surface area contributed by atoms with Gasteiger partial charge in [0.15, 0.2) is 0 Å². The van der Waals surface area contributed by atoms with Gasteiger partial charge in [0.25, 0.3) is 0 Å². The third-order valence-electron chi connectivity index (χ3n) is 3.50. The summed E-state index contributed by atoms with van der Waals surface area (Å²) in [6.45, 7) is 7.09. The van der Waals surface area contributed by atoms with Crippen LogP contribution in [0.1, 0.15) is 26.3 Å². The van der Waals surface area contributed by atoms with E-state index in [2.05, 4.69) is 15.3 Å². The van der Waals surface area contributed by atoms with E-state index in [0.29, 0.717) is 19.0 Å². The number of aromatic nitrogens is 2. The highest BCUT2D eigenvalue weighted by molar-refractivity contribution is 5.91. The molecule has 0 bridgehead atoms. The van der Waals surface area contributed by atoms with Gasteiger partial charge in [-0.2, -0.15) is 5.10 Å². The van der Waals surface area contributed by atoms with E-state index in [9.17, 15) is 4.79 Å². The van der Waals surface area contributed by atoms with E-state index >= 15 is 0 Å². The van der Waals surface area contributed by atoms with Crippen molar-refractivity contribution in [2.45, 2.75) is 26.3 Å². The first kappa shape index (κ1) is 14.0. The number of nitrogens with two attached hydrogens (primary N) is 1. The van der Waals surface area contributed by atoms with Gasteiger partial charge in [-0.3, -0.25) is 9.69 Å². The molecule has 0 radical (unpaired) electrons. The number of amides is 1. The number of likely N-dealkylation sites (tertiary alicyclic amines) is 1. The average molecular weight is 265 g/mol. The first-order valence-electron chi connectivity index (χ1n) is 6.86. The molecule has 1 atom stereocenters. The molecule has 1 unspecified atom stereocenters. The van der Waals surface area contributed by atoms with Crippen molar-refractivity contribution in [3.05, 3.63) is 12.3 Å². The summed E-state index contributed by atoms with van der Waals surface area (Å²) in [5, 5.41) is 7.12. The van der Waals surface area contributed by atoms with Crippen LogP contribution in [0.15, 0.2) is 12.3 Å². The molecule has 0 saturated carbocycles. The van der Waals surface area contributed by atoms with Gasteiger partial charge in [0, 0.05) is 18.7 Å². The third kappa shape index (κ3) is 3.54. The highest BCUT2D eigenvalue weighted by Gasteiger charge is 2.23. The highest BCUT2D eigenvalue weighted by atomic mass is 16.2. The number of nitrogens with zero attached hydrogens (tertiary/aromatic N) is 3. The maximum Gasteiger partial charge on any atom is 0.239 e. The van der Waals surface area contributed by atoms with Crippen LogP contribution in [0.2, 0.25) is 0 Å². The summed E-state index contributed by atoms with van der Waals surface area (Å²) in [7, 11) is 0. The van der Waals surface area contributed by atoms with Crippen LogP contribution in [0.4, 0.5) is 5.82 Å². The molecule has 0 spiro atoms. The molecule has 1 amide bonds. The fourth-order valence-electron chi connectivity index (χ4n) is 2.46. The predicted molar refractivity (Wildman–Crippen MR) is 74.8 cm³/mol. The van der Waals surface area contributed by atoms with Gasteiger partial charge >= 0.3 is 0 Å². The summed E-state index contributed by atoms with van der Waals surface area (Å²) >= 11 is 0. The zero-order valence-corrected chi connectivity index (χ0v) is 11.7. The zero-order valence-electron chi connectivity index (χ0n) is 11.7. The van der Waals surface area contributed by atoms with Crippen LogP contribution in [0.5, 0.6) is 0 Å². The Balaban J connectivity index is 1.86. The molecule has 106 valence electrons. The SMILES string of the molecule is CC(C)n1nccc1NC(=O)CN1CCC(CN)C1. The quantitative estimate of drug-likeness (QED) is 0.821. The smallest absolute Gasteiger partial charge is 0.239 e. The molecule has 1 aromatic heterocycles. The second-order valence-corrected chi connectivity index (χ2v) is 5.43. The van der Waals surface area contributed by atoms with E-state index < -0.39 is 0 Å². The van der Waals surface area contributed by atoms with E-state index in [4.69, 9.17) is 5.73 Å². The van der Waals surface area contributed by atoms with Gasteiger partial charge in [-0.05, 0) is 39.3 Å². The van der Waals surface area contributed by atoms with E-state index in [1.807, 2.05) is 24.6 Å². The number of anilines is 1. The molecule has 6 heteroatoms. The summed E-state index contributed by atoms with van der Waals surface area (Å²) < 4.78 is 1.81. The Morgan fingerprint density at radius 1 is 1.63 bits per heavy atom. The lowest BCUT2D eigenvalue weighted by Crippen LogP contribution is -2.32. The van der Waals surface area contributed by atoms with Crippen molar-refractivity contribution in [3.8, 4) is 0 Å². The monoisotopic (exact) mass is 265 g/mol. The van der Waals surface area contributed by atoms with Crippen LogP contribution in [-0.2, 0) is 4.79 Å². The van der Waals surface area contributed by atoms with Crippen molar-refractivity contribution < 1.29 is 4.79 Å². The van der Waals surface area contributed by atoms with Crippen molar-refractivity contribution in [1.29, 1.82) is 0 Å². The van der Waals surface area contributed by atoms with Crippen LogP contribution >= 0.6 is 0 Å². The van der Waals surface area contributed by atoms with Crippen molar-refractivity contribution in [1.82, 2.24) is 14.7 Å². The minimum atomic E-state index is 0.0140. The number of carbonyl (C=O) groups is 1. The lowest BCUT2D eigenvalue weighted by Gasteiger charge is -2.16. The largest absolute Gasteiger partial charge is 0.330 e. The van der Waals surface area contributed by atoms with Crippen molar-refractivity contribution in [3.63, 3.8) is 0 Å². The van der Waals surface area contributed by atoms with E-state index in [1.165, 1.54) is 0 Å². The molecule has 1 saturated heterocycles. The molecule has 2 heterocycles. The van der Waals surface area contributed by atoms with Crippen molar-refractivity contribution in [2.75, 3.05) is 31.5 Å². The van der Waals surface area contributed by atoms with Gasteiger partial charge in [0.1, 0.15) is 5.82 Å². The third-order valence-corrected chi connectivity index (χ3v) is 3.50. The zero-order chi connectivity index (χ0) is 13.8. The van der Waals surface area contributed by atoms with Gasteiger partial charge in [-0.15, -0.1) is 0 Å². The fraction of sp³-hybridized carbons (Fsp3) is 0.692. The standard InChI is InChI=1S/C13H23N5O/c1-10(2)18-12(3-5-15-18)16-13(19)9-17-6-4-11(7-14)8-17/h3,5,10-11H,4,6-9,14H2,1-2H3,(H,16,19). The molecule has 1 aromatic rings. The molecule has 0 aromatic carbocycles. The van der Waals surface area contributed by atoms with Crippen molar-refractivity contribution in [2.24, 2.45) is 11.7 Å². The lowest BCUT2D eigenvalue weighted by atomic mass is 10.1. The van der Waals surface area contributed by atoms with Gasteiger partial charge in [0.05, 0.1) is 12.7 Å². The minimum Gasteiger partial charge on any atom is -0.330 e. The second kappa shape index (κ2) is 6.16. The van der Waals surface area contributed by atoms with Crippen LogP contribution in [-0.4, -0.2) is 46.8 Å². The molecule has 6 nitrogen and oxygen atoms in total. The predicted octanol–water partition coefficient (Wildman–Crippen LogP) is 0.683. The summed E-state index contributed by atoms with van der Waals surface area (Å²) in [6.07, 6.45) is 2.80. The van der Waals surface area contributed by atoms with Crippen LogP contribution in [0.25, 0.3) is 0 Å². The fourth-order valence-corrected chi connectivity index (χ4v) is 2.46. The Morgan fingerprint density at radius 3 is 3.05 bits per heavy atom. The van der Waals surface area contributed by atoms with Crippen LogP contribution in [0, 0.1) is 5.92 Å². The Kier molecular flexibility index (Phi) is 4.55. The number of nitrogens with one attached hydrogen (secondary N) is 1. The second-order valence-electron chi connectivity index (χ2n) is 5.43. The van der Waals surface area contributed by atoms with Crippen molar-refractivity contribution >= 4 is 11.7 Å². The van der Waals surface area contributed by atoms with E-state index in [1.54, 1.807) is 6.20 Å². The first-order chi connectivity index (χ1) is 9.10. The summed E-state index contributed by atoms with van der Waals surface area (Å²) in [6, 6.07) is 2.06. The highest BCUT2D eigenvalue weighted by Crippen LogP contribution is 2.16. The summed E-state index contributed by atoms with van der Waals surface area (Å²) in [5.41, 5.74) is 5.65. The topological polar surface area (TPSA) is 76.2 Å². The number of rotatable bonds is 5. The minimum absolute atomic E-state index is 0.0140. The van der Waals surface area contributed by atoms with Gasteiger partial charge in [-0.1, -0.05) is 0 Å². The molecule has 1 aliphatic heterocycles. The normalized spacial score (nSPS) is 20.1. The maximum atomic E-state index is 12.0. The Bertz CT molecular complexity index is 428. The molecule has 1 aliphatic rings. The number of hydrogen-bond donors (Lipinski definition) is 2. The number of carbonyl (C=O) groups excluding carboxylic acids is 1. The van der Waals surface area contributed by atoms with Crippen LogP contribution < -0.4 is 11.1 Å². The molecule has 1 fully saturated rings. The average Bonchev–Trinajstić information content (AvgIpc) is 2.97. The van der Waals surface area contributed by atoms with Gasteiger partial charge in [0.2, 0.25) is 5.91 Å². The van der Waals surface area contributed by atoms with Gasteiger partial charge in [-0.25, -0.2) is 4.68 Å². The van der Waals surface area contributed by atoms with Gasteiger partial charge < -0.3 is 11.1 Å². The maximum absolute atomic E-state index is 12.0. The summed E-state index contributed by atoms with van der Waals surface area (Å²) in [4.78, 5) is 14.2.